The molecule has 0 unspecified atom stereocenters. The maximum absolute atomic E-state index is 13.5. The SMILES string of the molecule is CCN(CC)/C(=C\C=C1\CCCC(/C=C/C(c2ccc(F)cc2)=[N+](CC)CC)=C1Cl)c1ccc(F)cc1. The minimum absolute atomic E-state index is 0.239. The van der Waals surface area contributed by atoms with Crippen molar-refractivity contribution in [2.45, 2.75) is 47.0 Å². The summed E-state index contributed by atoms with van der Waals surface area (Å²) in [5, 5.41) is 0.787. The molecule has 0 heterocycles. The van der Waals surface area contributed by atoms with E-state index in [-0.39, 0.29) is 11.6 Å². The van der Waals surface area contributed by atoms with Crippen LogP contribution < -0.4 is 0 Å². The van der Waals surface area contributed by atoms with Crippen molar-refractivity contribution in [2.75, 3.05) is 26.2 Å². The first-order chi connectivity index (χ1) is 17.9. The van der Waals surface area contributed by atoms with Gasteiger partial charge in [0.25, 0.3) is 0 Å². The van der Waals surface area contributed by atoms with E-state index in [0.29, 0.717) is 0 Å². The Bertz CT molecular complexity index is 1190. The standard InChI is InChI=1S/C32H38ClF2N2/c1-5-36(6-2)30(24-12-18-28(34)19-13-24)22-16-26-10-9-11-27(32(26)33)17-23-31(37(7-3)8-4)25-14-20-29(35)21-15-25/h12-23H,5-11H2,1-4H3/q+1. The van der Waals surface area contributed by atoms with E-state index in [1.165, 1.54) is 24.3 Å². The molecule has 0 amide bonds. The van der Waals surface area contributed by atoms with Crippen LogP contribution in [0.1, 0.15) is 58.1 Å². The fourth-order valence-electron chi connectivity index (χ4n) is 4.71. The van der Waals surface area contributed by atoms with Gasteiger partial charge in [0.15, 0.2) is 0 Å². The second-order valence-corrected chi connectivity index (χ2v) is 9.39. The smallest absolute Gasteiger partial charge is 0.207 e. The minimum atomic E-state index is -0.239. The van der Waals surface area contributed by atoms with E-state index in [1.54, 1.807) is 0 Å². The average Bonchev–Trinajstić information content (AvgIpc) is 2.91. The Hall–Kier alpha value is -2.98. The van der Waals surface area contributed by atoms with Gasteiger partial charge in [0.1, 0.15) is 24.7 Å². The van der Waals surface area contributed by atoms with Gasteiger partial charge in [0.2, 0.25) is 5.71 Å². The fourth-order valence-corrected chi connectivity index (χ4v) is 5.02. The molecule has 37 heavy (non-hydrogen) atoms. The van der Waals surface area contributed by atoms with Crippen LogP contribution >= 0.6 is 11.6 Å². The lowest BCUT2D eigenvalue weighted by atomic mass is 9.93. The maximum Gasteiger partial charge on any atom is 0.207 e. The van der Waals surface area contributed by atoms with Crippen molar-refractivity contribution < 1.29 is 13.4 Å². The normalized spacial score (nSPS) is 15.5. The van der Waals surface area contributed by atoms with Crippen molar-refractivity contribution in [1.82, 2.24) is 4.90 Å². The van der Waals surface area contributed by atoms with Crippen molar-refractivity contribution in [3.63, 3.8) is 0 Å². The molecule has 0 atom stereocenters. The Morgan fingerprint density at radius 3 is 1.97 bits per heavy atom. The Morgan fingerprint density at radius 2 is 1.43 bits per heavy atom. The van der Waals surface area contributed by atoms with Crippen molar-refractivity contribution in [3.8, 4) is 0 Å². The van der Waals surface area contributed by atoms with E-state index >= 15 is 0 Å². The van der Waals surface area contributed by atoms with Crippen LogP contribution in [-0.2, 0) is 0 Å². The summed E-state index contributed by atoms with van der Waals surface area (Å²) in [6.45, 7) is 11.9. The first-order valence-corrected chi connectivity index (χ1v) is 13.7. The van der Waals surface area contributed by atoms with Gasteiger partial charge in [-0.1, -0.05) is 23.8 Å². The van der Waals surface area contributed by atoms with Crippen molar-refractivity contribution in [3.05, 3.63) is 112 Å². The maximum atomic E-state index is 13.5. The van der Waals surface area contributed by atoms with Gasteiger partial charge in [0.05, 0.1) is 0 Å². The molecular formula is C32H38ClF2N2+. The second kappa shape index (κ2) is 14.1. The topological polar surface area (TPSA) is 6.25 Å². The Labute approximate surface area is 226 Å². The largest absolute Gasteiger partial charge is 0.372 e. The van der Waals surface area contributed by atoms with Crippen LogP contribution in [0.15, 0.2) is 89.0 Å². The zero-order valence-electron chi connectivity index (χ0n) is 22.4. The molecule has 0 saturated carbocycles. The predicted octanol–water partition coefficient (Wildman–Crippen LogP) is 8.35. The third-order valence-electron chi connectivity index (χ3n) is 6.83. The summed E-state index contributed by atoms with van der Waals surface area (Å²) in [5.74, 6) is -0.477. The zero-order chi connectivity index (χ0) is 26.8. The summed E-state index contributed by atoms with van der Waals surface area (Å²) in [7, 11) is 0. The van der Waals surface area contributed by atoms with Crippen molar-refractivity contribution >= 4 is 23.0 Å². The lowest BCUT2D eigenvalue weighted by Gasteiger charge is -2.25. The molecule has 2 nitrogen and oxygen atoms in total. The highest BCUT2D eigenvalue weighted by molar-refractivity contribution is 6.32. The molecule has 2 aromatic carbocycles. The van der Waals surface area contributed by atoms with Gasteiger partial charge in [0, 0.05) is 35.5 Å². The summed E-state index contributed by atoms with van der Waals surface area (Å²) >= 11 is 6.94. The highest BCUT2D eigenvalue weighted by atomic mass is 35.5. The van der Waals surface area contributed by atoms with Gasteiger partial charge in [-0.25, -0.2) is 13.4 Å². The number of benzene rings is 2. The van der Waals surface area contributed by atoms with Crippen LogP contribution in [0.5, 0.6) is 0 Å². The third kappa shape index (κ3) is 7.52. The van der Waals surface area contributed by atoms with E-state index in [9.17, 15) is 8.78 Å². The lowest BCUT2D eigenvalue weighted by molar-refractivity contribution is -0.519. The average molecular weight is 524 g/mol. The van der Waals surface area contributed by atoms with Gasteiger partial charge in [-0.05, 0) is 118 Å². The monoisotopic (exact) mass is 523 g/mol. The molecule has 0 saturated heterocycles. The molecule has 196 valence electrons. The molecule has 0 radical (unpaired) electrons. The van der Waals surface area contributed by atoms with Crippen LogP contribution in [0.25, 0.3) is 5.70 Å². The van der Waals surface area contributed by atoms with Crippen LogP contribution in [0, 0.1) is 11.6 Å². The van der Waals surface area contributed by atoms with Crippen LogP contribution in [-0.4, -0.2) is 41.4 Å². The molecule has 0 aromatic heterocycles. The van der Waals surface area contributed by atoms with E-state index in [1.807, 2.05) is 24.3 Å². The predicted molar refractivity (Wildman–Crippen MR) is 153 cm³/mol. The molecule has 2 aromatic rings. The lowest BCUT2D eigenvalue weighted by Crippen LogP contribution is -2.21. The molecular weight excluding hydrogens is 486 g/mol. The first kappa shape index (κ1) is 28.6. The van der Waals surface area contributed by atoms with Crippen LogP contribution in [0.4, 0.5) is 8.78 Å². The van der Waals surface area contributed by atoms with Crippen LogP contribution in [0.2, 0.25) is 0 Å². The van der Waals surface area contributed by atoms with E-state index < -0.39 is 0 Å². The zero-order valence-corrected chi connectivity index (χ0v) is 23.2. The highest BCUT2D eigenvalue weighted by Crippen LogP contribution is 2.34. The summed E-state index contributed by atoms with van der Waals surface area (Å²) in [6, 6.07) is 13.3. The number of halogens is 3. The summed E-state index contributed by atoms with van der Waals surface area (Å²) < 4.78 is 29.3. The van der Waals surface area contributed by atoms with Gasteiger partial charge in [-0.15, -0.1) is 0 Å². The molecule has 0 N–H and O–H groups in total. The summed E-state index contributed by atoms with van der Waals surface area (Å²) in [6.07, 6.45) is 11.3. The summed E-state index contributed by atoms with van der Waals surface area (Å²) in [4.78, 5) is 2.26. The van der Waals surface area contributed by atoms with Gasteiger partial charge in [-0.2, -0.15) is 0 Å². The fraction of sp³-hybridized carbons (Fsp3) is 0.344. The first-order valence-electron chi connectivity index (χ1n) is 13.3. The number of allylic oxidation sites excluding steroid dienone is 7. The minimum Gasteiger partial charge on any atom is -0.372 e. The Balaban J connectivity index is 1.99. The number of hydrogen-bond donors (Lipinski definition) is 0. The van der Waals surface area contributed by atoms with Gasteiger partial charge >= 0.3 is 0 Å². The Kier molecular flexibility index (Phi) is 10.9. The van der Waals surface area contributed by atoms with E-state index in [2.05, 4.69) is 61.5 Å². The number of hydrogen-bond acceptors (Lipinski definition) is 1. The summed E-state index contributed by atoms with van der Waals surface area (Å²) in [5.41, 5.74) is 6.28. The molecule has 5 heteroatoms. The number of rotatable bonds is 10. The van der Waals surface area contributed by atoms with Crippen molar-refractivity contribution in [1.29, 1.82) is 0 Å². The molecule has 1 aliphatic rings. The van der Waals surface area contributed by atoms with Gasteiger partial charge < -0.3 is 4.90 Å². The Morgan fingerprint density at radius 1 is 0.865 bits per heavy atom. The molecule has 0 bridgehead atoms. The molecule has 0 spiro atoms. The highest BCUT2D eigenvalue weighted by Gasteiger charge is 2.17. The quantitative estimate of drug-likeness (QED) is 0.224. The van der Waals surface area contributed by atoms with Gasteiger partial charge in [-0.3, -0.25) is 0 Å². The number of nitrogens with zero attached hydrogens (tertiary/aromatic N) is 2. The van der Waals surface area contributed by atoms with Crippen LogP contribution in [0.3, 0.4) is 0 Å². The second-order valence-electron chi connectivity index (χ2n) is 9.01. The molecule has 0 fully saturated rings. The molecule has 3 rings (SSSR count). The molecule has 1 aliphatic carbocycles. The van der Waals surface area contributed by atoms with E-state index in [0.717, 1.165) is 84.2 Å². The molecule has 0 aliphatic heterocycles. The van der Waals surface area contributed by atoms with E-state index in [4.69, 9.17) is 11.6 Å². The van der Waals surface area contributed by atoms with Crippen molar-refractivity contribution in [2.24, 2.45) is 0 Å². The third-order valence-corrected chi connectivity index (χ3v) is 7.31.